The van der Waals surface area contributed by atoms with Crippen molar-refractivity contribution < 1.29 is 8.78 Å². The Morgan fingerprint density at radius 3 is 2.38 bits per heavy atom. The molecule has 0 saturated carbocycles. The topological polar surface area (TPSA) is 15.3 Å². The van der Waals surface area contributed by atoms with E-state index in [-0.39, 0.29) is 5.54 Å². The lowest BCUT2D eigenvalue weighted by Crippen LogP contribution is -2.63. The lowest BCUT2D eigenvalue weighted by atomic mass is 9.88. The maximum Gasteiger partial charge on any atom is 0.126 e. The molecule has 1 aromatic rings. The molecule has 0 aliphatic carbocycles. The van der Waals surface area contributed by atoms with Crippen molar-refractivity contribution in [1.82, 2.24) is 10.2 Å². The molecule has 21 heavy (non-hydrogen) atoms. The molecule has 2 rings (SSSR count). The van der Waals surface area contributed by atoms with Gasteiger partial charge in [-0.15, -0.1) is 0 Å². The normalized spacial score (nSPS) is 22.4. The van der Waals surface area contributed by atoms with Crippen LogP contribution in [0.2, 0.25) is 0 Å². The van der Waals surface area contributed by atoms with E-state index in [0.29, 0.717) is 12.5 Å². The van der Waals surface area contributed by atoms with Crippen LogP contribution in [0.25, 0.3) is 0 Å². The fourth-order valence-electron chi connectivity index (χ4n) is 3.14. The highest BCUT2D eigenvalue weighted by molar-refractivity contribution is 5.18. The second-order valence-corrected chi connectivity index (χ2v) is 6.22. The standard InChI is InChI=1S/C17H26F2N2/c1-4-17(5-2)12-21(13(3)11-20-17)7-6-14-8-15(18)10-16(19)9-14/h8-10,13,20H,4-7,11-12H2,1-3H3. The van der Waals surface area contributed by atoms with Gasteiger partial charge in [-0.2, -0.15) is 0 Å². The van der Waals surface area contributed by atoms with Crippen molar-refractivity contribution >= 4 is 0 Å². The summed E-state index contributed by atoms with van der Waals surface area (Å²) in [6.45, 7) is 9.44. The predicted octanol–water partition coefficient (Wildman–Crippen LogP) is 3.36. The lowest BCUT2D eigenvalue weighted by molar-refractivity contribution is 0.0819. The van der Waals surface area contributed by atoms with Gasteiger partial charge in [0.05, 0.1) is 0 Å². The minimum absolute atomic E-state index is 0.180. The summed E-state index contributed by atoms with van der Waals surface area (Å²) in [5, 5.41) is 3.67. The van der Waals surface area contributed by atoms with Crippen LogP contribution in [0, 0.1) is 11.6 Å². The van der Waals surface area contributed by atoms with Crippen molar-refractivity contribution in [3.63, 3.8) is 0 Å². The fraction of sp³-hybridized carbons (Fsp3) is 0.647. The molecule has 1 heterocycles. The highest BCUT2D eigenvalue weighted by Crippen LogP contribution is 2.23. The van der Waals surface area contributed by atoms with E-state index >= 15 is 0 Å². The number of nitrogens with one attached hydrogen (secondary N) is 1. The van der Waals surface area contributed by atoms with Crippen LogP contribution >= 0.6 is 0 Å². The van der Waals surface area contributed by atoms with E-state index in [4.69, 9.17) is 0 Å². The van der Waals surface area contributed by atoms with Crippen LogP contribution in [-0.4, -0.2) is 36.1 Å². The van der Waals surface area contributed by atoms with E-state index < -0.39 is 11.6 Å². The van der Waals surface area contributed by atoms with Gasteiger partial charge < -0.3 is 5.32 Å². The molecular formula is C17H26F2N2. The maximum atomic E-state index is 13.2. The summed E-state index contributed by atoms with van der Waals surface area (Å²) >= 11 is 0. The van der Waals surface area contributed by atoms with Gasteiger partial charge in [0, 0.05) is 37.3 Å². The molecule has 118 valence electrons. The summed E-state index contributed by atoms with van der Waals surface area (Å²) in [5.74, 6) is -0.982. The molecule has 1 aliphatic rings. The summed E-state index contributed by atoms with van der Waals surface area (Å²) < 4.78 is 26.5. The Kier molecular flexibility index (Phi) is 5.33. The van der Waals surface area contributed by atoms with Gasteiger partial charge in [0.1, 0.15) is 11.6 Å². The van der Waals surface area contributed by atoms with Gasteiger partial charge in [-0.1, -0.05) is 13.8 Å². The number of hydrogen-bond acceptors (Lipinski definition) is 2. The lowest BCUT2D eigenvalue weighted by Gasteiger charge is -2.46. The molecule has 0 radical (unpaired) electrons. The molecule has 1 unspecified atom stereocenters. The summed E-state index contributed by atoms with van der Waals surface area (Å²) in [6, 6.07) is 4.25. The van der Waals surface area contributed by atoms with E-state index in [1.165, 1.54) is 12.1 Å². The molecule has 1 atom stereocenters. The summed E-state index contributed by atoms with van der Waals surface area (Å²) in [6.07, 6.45) is 2.88. The smallest absolute Gasteiger partial charge is 0.126 e. The van der Waals surface area contributed by atoms with Crippen molar-refractivity contribution in [1.29, 1.82) is 0 Å². The zero-order chi connectivity index (χ0) is 15.5. The molecule has 0 bridgehead atoms. The largest absolute Gasteiger partial charge is 0.308 e. The van der Waals surface area contributed by atoms with Gasteiger partial charge in [0.15, 0.2) is 0 Å². The van der Waals surface area contributed by atoms with E-state index in [2.05, 4.69) is 31.0 Å². The van der Waals surface area contributed by atoms with Crippen molar-refractivity contribution in [2.75, 3.05) is 19.6 Å². The average Bonchev–Trinajstić information content (AvgIpc) is 2.46. The van der Waals surface area contributed by atoms with E-state index in [9.17, 15) is 8.78 Å². The molecule has 1 fully saturated rings. The second-order valence-electron chi connectivity index (χ2n) is 6.22. The summed E-state index contributed by atoms with van der Waals surface area (Å²) in [7, 11) is 0. The van der Waals surface area contributed by atoms with Crippen LogP contribution < -0.4 is 5.32 Å². The van der Waals surface area contributed by atoms with Gasteiger partial charge in [0.25, 0.3) is 0 Å². The highest BCUT2D eigenvalue weighted by Gasteiger charge is 2.34. The first-order valence-electron chi connectivity index (χ1n) is 7.92. The molecule has 0 aromatic heterocycles. The molecule has 1 aliphatic heterocycles. The van der Waals surface area contributed by atoms with Crippen molar-refractivity contribution in [2.24, 2.45) is 0 Å². The minimum atomic E-state index is -0.491. The number of piperazine rings is 1. The van der Waals surface area contributed by atoms with Crippen LogP contribution in [-0.2, 0) is 6.42 Å². The predicted molar refractivity (Wildman–Crippen MR) is 82.4 cm³/mol. The van der Waals surface area contributed by atoms with Crippen LogP contribution in [0.5, 0.6) is 0 Å². The maximum absolute atomic E-state index is 13.2. The van der Waals surface area contributed by atoms with Gasteiger partial charge in [0.2, 0.25) is 0 Å². The quantitative estimate of drug-likeness (QED) is 0.896. The third-order valence-electron chi connectivity index (χ3n) is 4.87. The summed E-state index contributed by atoms with van der Waals surface area (Å²) in [4.78, 5) is 2.44. The SMILES string of the molecule is CCC1(CC)CN(CCc2cc(F)cc(F)c2)C(C)CN1. The minimum Gasteiger partial charge on any atom is -0.308 e. The highest BCUT2D eigenvalue weighted by atomic mass is 19.1. The molecule has 1 aromatic carbocycles. The molecular weight excluding hydrogens is 270 g/mol. The molecule has 4 heteroatoms. The first-order chi connectivity index (χ1) is 9.98. The average molecular weight is 296 g/mol. The van der Waals surface area contributed by atoms with Gasteiger partial charge in [-0.25, -0.2) is 8.78 Å². The third kappa shape index (κ3) is 4.01. The van der Waals surface area contributed by atoms with Crippen molar-refractivity contribution in [2.45, 2.75) is 51.6 Å². The van der Waals surface area contributed by atoms with Crippen molar-refractivity contribution in [3.05, 3.63) is 35.4 Å². The monoisotopic (exact) mass is 296 g/mol. The Hall–Kier alpha value is -1.00. The summed E-state index contributed by atoms with van der Waals surface area (Å²) in [5.41, 5.74) is 0.913. The Morgan fingerprint density at radius 1 is 1.19 bits per heavy atom. The molecule has 1 N–H and O–H groups in total. The zero-order valence-corrected chi connectivity index (χ0v) is 13.3. The molecule has 0 spiro atoms. The van der Waals surface area contributed by atoms with E-state index in [1.807, 2.05) is 0 Å². The third-order valence-corrected chi connectivity index (χ3v) is 4.87. The van der Waals surface area contributed by atoms with Gasteiger partial charge >= 0.3 is 0 Å². The van der Waals surface area contributed by atoms with Gasteiger partial charge in [-0.05, 0) is 43.9 Å². The van der Waals surface area contributed by atoms with Crippen LogP contribution in [0.15, 0.2) is 18.2 Å². The Balaban J connectivity index is 2.00. The van der Waals surface area contributed by atoms with Gasteiger partial charge in [-0.3, -0.25) is 4.90 Å². The Bertz CT molecular complexity index is 452. The van der Waals surface area contributed by atoms with Crippen LogP contribution in [0.4, 0.5) is 8.78 Å². The van der Waals surface area contributed by atoms with E-state index in [0.717, 1.165) is 44.1 Å². The number of rotatable bonds is 5. The second kappa shape index (κ2) is 6.84. The van der Waals surface area contributed by atoms with Crippen LogP contribution in [0.1, 0.15) is 39.2 Å². The van der Waals surface area contributed by atoms with Crippen molar-refractivity contribution in [3.8, 4) is 0 Å². The number of hydrogen-bond donors (Lipinski definition) is 1. The zero-order valence-electron chi connectivity index (χ0n) is 13.3. The number of benzene rings is 1. The Morgan fingerprint density at radius 2 is 1.81 bits per heavy atom. The van der Waals surface area contributed by atoms with E-state index in [1.54, 1.807) is 0 Å². The molecule has 2 nitrogen and oxygen atoms in total. The number of nitrogens with zero attached hydrogens (tertiary/aromatic N) is 1. The molecule has 0 amide bonds. The first kappa shape index (κ1) is 16.4. The number of halogens is 2. The Labute approximate surface area is 126 Å². The first-order valence-corrected chi connectivity index (χ1v) is 7.92. The van der Waals surface area contributed by atoms with Crippen LogP contribution in [0.3, 0.4) is 0 Å². The molecule has 1 saturated heterocycles. The fourth-order valence-corrected chi connectivity index (χ4v) is 3.14.